The van der Waals surface area contributed by atoms with Crippen LogP contribution in [-0.4, -0.2) is 47.2 Å². The van der Waals surface area contributed by atoms with Crippen LogP contribution >= 0.6 is 11.6 Å². The average Bonchev–Trinajstić information content (AvgIpc) is 2.97. The topological polar surface area (TPSA) is 78.4 Å². The number of aromatic nitrogens is 2. The summed E-state index contributed by atoms with van der Waals surface area (Å²) in [5.74, 6) is -0.197. The van der Waals surface area contributed by atoms with Crippen LogP contribution in [0.2, 0.25) is 5.15 Å². The van der Waals surface area contributed by atoms with Gasteiger partial charge in [0.05, 0.1) is 18.2 Å². The lowest BCUT2D eigenvalue weighted by atomic mass is 10.0. The molecule has 0 bridgehead atoms. The van der Waals surface area contributed by atoms with Crippen molar-refractivity contribution < 1.29 is 14.0 Å². The number of imide groups is 1. The van der Waals surface area contributed by atoms with Crippen molar-refractivity contribution in [2.75, 3.05) is 22.9 Å². The molecule has 1 aromatic carbocycles. The van der Waals surface area contributed by atoms with Crippen LogP contribution in [-0.2, 0) is 9.59 Å². The molecule has 7 nitrogen and oxygen atoms in total. The highest BCUT2D eigenvalue weighted by Crippen LogP contribution is 2.25. The van der Waals surface area contributed by atoms with Crippen molar-refractivity contribution in [2.24, 2.45) is 0 Å². The van der Waals surface area contributed by atoms with Gasteiger partial charge in [-0.3, -0.25) is 9.59 Å². The monoisotopic (exact) mass is 403 g/mol. The first-order valence-electron chi connectivity index (χ1n) is 9.14. The Morgan fingerprint density at radius 3 is 2.39 bits per heavy atom. The maximum Gasteiger partial charge on any atom is 0.251 e. The van der Waals surface area contributed by atoms with E-state index in [1.54, 1.807) is 6.07 Å². The van der Waals surface area contributed by atoms with E-state index in [2.05, 4.69) is 20.4 Å². The minimum atomic E-state index is -0.551. The number of piperidine rings is 1. The maximum atomic E-state index is 13.1. The molecule has 1 atom stereocenters. The second kappa shape index (κ2) is 7.81. The van der Waals surface area contributed by atoms with Crippen molar-refractivity contribution in [1.29, 1.82) is 0 Å². The predicted molar refractivity (Wildman–Crippen MR) is 103 cm³/mol. The van der Waals surface area contributed by atoms with E-state index >= 15 is 0 Å². The maximum absolute atomic E-state index is 13.1. The summed E-state index contributed by atoms with van der Waals surface area (Å²) in [5, 5.41) is 11.6. The van der Waals surface area contributed by atoms with Gasteiger partial charge in [0.1, 0.15) is 5.82 Å². The summed E-state index contributed by atoms with van der Waals surface area (Å²) in [7, 11) is 0. The Morgan fingerprint density at radius 2 is 1.75 bits per heavy atom. The van der Waals surface area contributed by atoms with Gasteiger partial charge in [0, 0.05) is 19.1 Å². The van der Waals surface area contributed by atoms with Crippen molar-refractivity contribution in [3.05, 3.63) is 47.4 Å². The Morgan fingerprint density at radius 1 is 1.04 bits per heavy atom. The molecule has 28 heavy (non-hydrogen) atoms. The molecule has 1 aromatic heterocycles. The Balaban J connectivity index is 1.35. The third-order valence-electron chi connectivity index (χ3n) is 5.11. The number of amides is 2. The van der Waals surface area contributed by atoms with Gasteiger partial charge in [-0.15, -0.1) is 10.2 Å². The van der Waals surface area contributed by atoms with Crippen molar-refractivity contribution in [2.45, 2.75) is 31.3 Å². The van der Waals surface area contributed by atoms with Gasteiger partial charge in [0.25, 0.3) is 5.91 Å². The molecule has 146 valence electrons. The van der Waals surface area contributed by atoms with Crippen LogP contribution in [0.15, 0.2) is 36.4 Å². The Bertz CT molecular complexity index is 869. The van der Waals surface area contributed by atoms with Gasteiger partial charge in [-0.2, -0.15) is 0 Å². The van der Waals surface area contributed by atoms with E-state index in [-0.39, 0.29) is 24.3 Å². The molecule has 0 unspecified atom stereocenters. The first-order valence-corrected chi connectivity index (χ1v) is 9.51. The van der Waals surface area contributed by atoms with Gasteiger partial charge in [-0.25, -0.2) is 9.29 Å². The van der Waals surface area contributed by atoms with E-state index in [1.807, 2.05) is 6.07 Å². The zero-order valence-corrected chi connectivity index (χ0v) is 15.8. The predicted octanol–water partition coefficient (Wildman–Crippen LogP) is 2.16. The summed E-state index contributed by atoms with van der Waals surface area (Å²) in [6, 6.07) is 8.50. The Hall–Kier alpha value is -2.58. The van der Waals surface area contributed by atoms with Crippen molar-refractivity contribution in [3.8, 4) is 0 Å². The third-order valence-corrected chi connectivity index (χ3v) is 5.31. The number of benzene rings is 1. The van der Waals surface area contributed by atoms with Crippen LogP contribution < -0.4 is 15.1 Å². The van der Waals surface area contributed by atoms with Crippen molar-refractivity contribution in [1.82, 2.24) is 15.5 Å². The number of halogens is 2. The molecule has 0 aliphatic carbocycles. The fourth-order valence-electron chi connectivity index (χ4n) is 3.66. The number of nitrogens with zero attached hydrogens (tertiary/aromatic N) is 4. The number of carbonyl (C=O) groups excluding carboxylic acids is 2. The SMILES string of the molecule is O=C1C[C@H](NC2CCN(c3ccc(Cl)nn3)CC2)C(=O)N1c1ccc(F)cc1. The fourth-order valence-corrected chi connectivity index (χ4v) is 3.76. The molecule has 1 N–H and O–H groups in total. The summed E-state index contributed by atoms with van der Waals surface area (Å²) < 4.78 is 13.1. The lowest BCUT2D eigenvalue weighted by Crippen LogP contribution is -2.49. The lowest BCUT2D eigenvalue weighted by molar-refractivity contribution is -0.121. The molecule has 0 spiro atoms. The number of hydrogen-bond acceptors (Lipinski definition) is 6. The highest BCUT2D eigenvalue weighted by atomic mass is 35.5. The zero-order chi connectivity index (χ0) is 19.7. The summed E-state index contributed by atoms with van der Waals surface area (Å²) in [4.78, 5) is 28.3. The van der Waals surface area contributed by atoms with Gasteiger partial charge >= 0.3 is 0 Å². The molecule has 3 heterocycles. The summed E-state index contributed by atoms with van der Waals surface area (Å²) in [5.41, 5.74) is 0.400. The lowest BCUT2D eigenvalue weighted by Gasteiger charge is -2.33. The van der Waals surface area contributed by atoms with E-state index in [1.165, 1.54) is 24.3 Å². The molecule has 0 radical (unpaired) electrons. The highest BCUT2D eigenvalue weighted by molar-refractivity contribution is 6.29. The fraction of sp³-hybridized carbons (Fsp3) is 0.368. The second-order valence-electron chi connectivity index (χ2n) is 6.94. The van der Waals surface area contributed by atoms with Crippen LogP contribution in [0.5, 0.6) is 0 Å². The highest BCUT2D eigenvalue weighted by Gasteiger charge is 2.40. The van der Waals surface area contributed by atoms with Gasteiger partial charge in [0.2, 0.25) is 5.91 Å². The minimum absolute atomic E-state index is 0.110. The molecule has 2 aliphatic rings. The molecule has 4 rings (SSSR count). The summed E-state index contributed by atoms with van der Waals surface area (Å²) in [6.45, 7) is 1.54. The first kappa shape index (κ1) is 18.8. The van der Waals surface area contributed by atoms with E-state index in [4.69, 9.17) is 11.6 Å². The molecular formula is C19H19ClFN5O2. The van der Waals surface area contributed by atoms with Crippen LogP contribution in [0.1, 0.15) is 19.3 Å². The second-order valence-corrected chi connectivity index (χ2v) is 7.33. The normalized spacial score (nSPS) is 20.9. The molecule has 9 heteroatoms. The Kier molecular flexibility index (Phi) is 5.23. The average molecular weight is 404 g/mol. The largest absolute Gasteiger partial charge is 0.355 e. The zero-order valence-electron chi connectivity index (χ0n) is 15.0. The van der Waals surface area contributed by atoms with Crippen LogP contribution in [0.25, 0.3) is 0 Å². The molecule has 2 fully saturated rings. The third kappa shape index (κ3) is 3.83. The van der Waals surface area contributed by atoms with Gasteiger partial charge in [-0.05, 0) is 49.2 Å². The van der Waals surface area contributed by atoms with Crippen LogP contribution in [0.4, 0.5) is 15.9 Å². The van der Waals surface area contributed by atoms with Crippen molar-refractivity contribution in [3.63, 3.8) is 0 Å². The number of hydrogen-bond donors (Lipinski definition) is 1. The molecule has 2 aliphatic heterocycles. The van der Waals surface area contributed by atoms with Gasteiger partial charge < -0.3 is 10.2 Å². The number of nitrogens with one attached hydrogen (secondary N) is 1. The van der Waals surface area contributed by atoms with E-state index < -0.39 is 11.9 Å². The number of carbonyl (C=O) groups is 2. The summed E-state index contributed by atoms with van der Waals surface area (Å²) >= 11 is 5.77. The van der Waals surface area contributed by atoms with Crippen LogP contribution in [0.3, 0.4) is 0 Å². The van der Waals surface area contributed by atoms with Gasteiger partial charge in [-0.1, -0.05) is 11.6 Å². The summed E-state index contributed by atoms with van der Waals surface area (Å²) in [6.07, 6.45) is 1.75. The van der Waals surface area contributed by atoms with Gasteiger partial charge in [0.15, 0.2) is 11.0 Å². The molecular weight excluding hydrogens is 385 g/mol. The molecule has 0 saturated carbocycles. The standard InChI is InChI=1S/C19H19ClFN5O2/c20-16-5-6-17(24-23-16)25-9-7-13(8-10-25)22-15-11-18(27)26(19(15)28)14-3-1-12(21)2-4-14/h1-6,13,15,22H,7-11H2/t15-/m0/s1. The quantitative estimate of drug-likeness (QED) is 0.788. The smallest absolute Gasteiger partial charge is 0.251 e. The van der Waals surface area contributed by atoms with E-state index in [0.29, 0.717) is 10.8 Å². The molecule has 2 aromatic rings. The minimum Gasteiger partial charge on any atom is -0.355 e. The first-order chi connectivity index (χ1) is 13.5. The molecule has 2 saturated heterocycles. The van der Waals surface area contributed by atoms with Crippen molar-refractivity contribution >= 4 is 34.9 Å². The van der Waals surface area contributed by atoms with Crippen LogP contribution in [0, 0.1) is 5.82 Å². The van der Waals surface area contributed by atoms with E-state index in [0.717, 1.165) is 36.6 Å². The van der Waals surface area contributed by atoms with E-state index in [9.17, 15) is 14.0 Å². The Labute approximate surface area is 166 Å². The number of rotatable bonds is 4. The number of anilines is 2. The molecule has 2 amide bonds.